The Bertz CT molecular complexity index is 432. The molecule has 0 heterocycles. The first-order valence-corrected chi connectivity index (χ1v) is 6.15. The van der Waals surface area contributed by atoms with Gasteiger partial charge in [-0.2, -0.15) is 0 Å². The summed E-state index contributed by atoms with van der Waals surface area (Å²) >= 11 is 0. The largest absolute Gasteiger partial charge is 0.469 e. The van der Waals surface area contributed by atoms with Crippen molar-refractivity contribution in [3.63, 3.8) is 0 Å². The second-order valence-corrected chi connectivity index (χ2v) is 4.43. The Morgan fingerprint density at radius 3 is 2.94 bits per heavy atom. The van der Waals surface area contributed by atoms with E-state index in [-0.39, 0.29) is 5.97 Å². The lowest BCUT2D eigenvalue weighted by atomic mass is 9.92. The summed E-state index contributed by atoms with van der Waals surface area (Å²) in [4.78, 5) is 11.2. The van der Waals surface area contributed by atoms with Crippen molar-refractivity contribution in [3.8, 4) is 0 Å². The van der Waals surface area contributed by atoms with E-state index in [2.05, 4.69) is 22.9 Å². The number of rotatable bonds is 3. The summed E-state index contributed by atoms with van der Waals surface area (Å²) in [7, 11) is 1.43. The molecule has 0 bridgehead atoms. The third-order valence-electron chi connectivity index (χ3n) is 3.16. The molecule has 0 saturated carbocycles. The minimum absolute atomic E-state index is 0.181. The van der Waals surface area contributed by atoms with Crippen LogP contribution in [-0.2, 0) is 16.0 Å². The van der Waals surface area contributed by atoms with Crippen molar-refractivity contribution >= 4 is 11.5 Å². The van der Waals surface area contributed by atoms with E-state index in [1.54, 1.807) is 0 Å². The highest BCUT2D eigenvalue weighted by Gasteiger charge is 2.08. The van der Waals surface area contributed by atoms with Gasteiger partial charge >= 0.3 is 5.97 Å². The zero-order valence-corrected chi connectivity index (χ0v) is 10.2. The Morgan fingerprint density at radius 1 is 1.35 bits per heavy atom. The predicted molar refractivity (Wildman–Crippen MR) is 68.6 cm³/mol. The smallest absolute Gasteiger partial charge is 0.309 e. The van der Waals surface area contributed by atoms with Gasteiger partial charge in [-0.05, 0) is 42.4 Å². The highest BCUT2D eigenvalue weighted by Crippen LogP contribution is 2.27. The molecule has 0 N–H and O–H groups in total. The van der Waals surface area contributed by atoms with Crippen LogP contribution in [0.2, 0.25) is 0 Å². The molecule has 90 valence electrons. The molecular weight excluding hydrogens is 212 g/mol. The number of hydrogen-bond acceptors (Lipinski definition) is 2. The lowest BCUT2D eigenvalue weighted by Gasteiger charge is -2.13. The van der Waals surface area contributed by atoms with Crippen LogP contribution in [0.3, 0.4) is 0 Å². The first kappa shape index (κ1) is 11.9. The quantitative estimate of drug-likeness (QED) is 0.744. The molecular formula is C15H18O2. The van der Waals surface area contributed by atoms with Gasteiger partial charge in [0.15, 0.2) is 0 Å². The molecule has 0 radical (unpaired) electrons. The summed E-state index contributed by atoms with van der Waals surface area (Å²) < 4.78 is 4.69. The number of carbonyl (C=O) groups is 1. The first-order chi connectivity index (χ1) is 8.29. The van der Waals surface area contributed by atoms with Crippen molar-refractivity contribution in [2.75, 3.05) is 7.11 Å². The fourth-order valence-corrected chi connectivity index (χ4v) is 2.22. The normalized spacial score (nSPS) is 15.2. The van der Waals surface area contributed by atoms with E-state index in [1.807, 2.05) is 12.1 Å². The maximum absolute atomic E-state index is 11.2. The molecule has 17 heavy (non-hydrogen) atoms. The molecule has 2 rings (SSSR count). The average molecular weight is 230 g/mol. The molecule has 2 nitrogen and oxygen atoms in total. The number of benzene rings is 1. The van der Waals surface area contributed by atoms with Gasteiger partial charge in [-0.15, -0.1) is 0 Å². The second kappa shape index (κ2) is 5.67. The lowest BCUT2D eigenvalue weighted by Crippen LogP contribution is -2.04. The van der Waals surface area contributed by atoms with Gasteiger partial charge in [0.2, 0.25) is 0 Å². The molecule has 0 amide bonds. The van der Waals surface area contributed by atoms with Crippen molar-refractivity contribution in [1.82, 2.24) is 0 Å². The van der Waals surface area contributed by atoms with E-state index in [0.717, 1.165) is 12.0 Å². The zero-order chi connectivity index (χ0) is 12.1. The minimum Gasteiger partial charge on any atom is -0.469 e. The number of allylic oxidation sites excluding steroid dienone is 2. The standard InChI is InChI=1S/C15H18O2/c1-17-15(16)11-12-6-5-9-14(10-12)13-7-3-2-4-8-13/h5-7,9-10H,2-4,8,11H2,1H3. The van der Waals surface area contributed by atoms with Crippen LogP contribution in [0.25, 0.3) is 5.57 Å². The van der Waals surface area contributed by atoms with Crippen molar-refractivity contribution in [2.24, 2.45) is 0 Å². The molecule has 2 heteroatoms. The van der Waals surface area contributed by atoms with Gasteiger partial charge in [0.25, 0.3) is 0 Å². The summed E-state index contributed by atoms with van der Waals surface area (Å²) in [6.07, 6.45) is 7.58. The van der Waals surface area contributed by atoms with E-state index >= 15 is 0 Å². The zero-order valence-electron chi connectivity index (χ0n) is 10.2. The number of hydrogen-bond donors (Lipinski definition) is 0. The number of esters is 1. The minimum atomic E-state index is -0.181. The molecule has 0 atom stereocenters. The maximum atomic E-state index is 11.2. The maximum Gasteiger partial charge on any atom is 0.309 e. The van der Waals surface area contributed by atoms with Crippen LogP contribution < -0.4 is 0 Å². The highest BCUT2D eigenvalue weighted by molar-refractivity contribution is 5.73. The van der Waals surface area contributed by atoms with Crippen molar-refractivity contribution < 1.29 is 9.53 Å². The lowest BCUT2D eigenvalue weighted by molar-refractivity contribution is -0.139. The Hall–Kier alpha value is -1.57. The van der Waals surface area contributed by atoms with Crippen molar-refractivity contribution in [2.45, 2.75) is 32.1 Å². The molecule has 0 spiro atoms. The van der Waals surface area contributed by atoms with Gasteiger partial charge in [0.05, 0.1) is 13.5 Å². The molecule has 0 unspecified atom stereocenters. The second-order valence-electron chi connectivity index (χ2n) is 4.43. The molecule has 1 aliphatic carbocycles. The van der Waals surface area contributed by atoms with Crippen LogP contribution in [0.15, 0.2) is 30.3 Å². The molecule has 1 aromatic rings. The number of methoxy groups -OCH3 is 1. The summed E-state index contributed by atoms with van der Waals surface area (Å²) in [6.45, 7) is 0. The van der Waals surface area contributed by atoms with Crippen LogP contribution in [0.4, 0.5) is 0 Å². The average Bonchev–Trinajstić information content (AvgIpc) is 2.40. The third kappa shape index (κ3) is 3.19. The van der Waals surface area contributed by atoms with E-state index < -0.39 is 0 Å². The SMILES string of the molecule is COC(=O)Cc1cccc(C2=CCCCC2)c1. The first-order valence-electron chi connectivity index (χ1n) is 6.15. The summed E-state index contributed by atoms with van der Waals surface area (Å²) in [5, 5.41) is 0. The summed E-state index contributed by atoms with van der Waals surface area (Å²) in [6, 6.07) is 8.22. The Balaban J connectivity index is 2.16. The van der Waals surface area contributed by atoms with Gasteiger partial charge < -0.3 is 4.74 Å². The Morgan fingerprint density at radius 2 is 2.24 bits per heavy atom. The van der Waals surface area contributed by atoms with Gasteiger partial charge in [-0.3, -0.25) is 4.79 Å². The van der Waals surface area contributed by atoms with Crippen molar-refractivity contribution in [3.05, 3.63) is 41.5 Å². The number of carbonyl (C=O) groups excluding carboxylic acids is 1. The fraction of sp³-hybridized carbons (Fsp3) is 0.400. The molecule has 0 aliphatic heterocycles. The monoisotopic (exact) mass is 230 g/mol. The predicted octanol–water partition coefficient (Wildman–Crippen LogP) is 3.36. The molecule has 0 aromatic heterocycles. The van der Waals surface area contributed by atoms with Crippen LogP contribution >= 0.6 is 0 Å². The Labute approximate surface area is 102 Å². The molecule has 1 aromatic carbocycles. The number of ether oxygens (including phenoxy) is 1. The van der Waals surface area contributed by atoms with Crippen LogP contribution in [0.5, 0.6) is 0 Å². The topological polar surface area (TPSA) is 26.3 Å². The van der Waals surface area contributed by atoms with Gasteiger partial charge in [-0.25, -0.2) is 0 Å². The molecule has 1 aliphatic rings. The fourth-order valence-electron chi connectivity index (χ4n) is 2.22. The molecule has 0 saturated heterocycles. The van der Waals surface area contributed by atoms with Gasteiger partial charge in [-0.1, -0.05) is 30.3 Å². The van der Waals surface area contributed by atoms with E-state index in [1.165, 1.54) is 37.5 Å². The molecule has 0 fully saturated rings. The summed E-state index contributed by atoms with van der Waals surface area (Å²) in [5.74, 6) is -0.181. The highest BCUT2D eigenvalue weighted by atomic mass is 16.5. The van der Waals surface area contributed by atoms with Crippen LogP contribution in [0.1, 0.15) is 36.8 Å². The van der Waals surface area contributed by atoms with Crippen LogP contribution in [-0.4, -0.2) is 13.1 Å². The third-order valence-corrected chi connectivity index (χ3v) is 3.16. The summed E-state index contributed by atoms with van der Waals surface area (Å²) in [5.41, 5.74) is 3.70. The van der Waals surface area contributed by atoms with E-state index in [0.29, 0.717) is 6.42 Å². The van der Waals surface area contributed by atoms with Crippen LogP contribution in [0, 0.1) is 0 Å². The van der Waals surface area contributed by atoms with Gasteiger partial charge in [0, 0.05) is 0 Å². The van der Waals surface area contributed by atoms with Crippen molar-refractivity contribution in [1.29, 1.82) is 0 Å². The Kier molecular flexibility index (Phi) is 3.97. The van der Waals surface area contributed by atoms with E-state index in [9.17, 15) is 4.79 Å². The van der Waals surface area contributed by atoms with E-state index in [4.69, 9.17) is 0 Å². The van der Waals surface area contributed by atoms with Gasteiger partial charge in [0.1, 0.15) is 0 Å².